The van der Waals surface area contributed by atoms with Crippen LogP contribution in [0.3, 0.4) is 0 Å². The van der Waals surface area contributed by atoms with Crippen LogP contribution >= 0.6 is 0 Å². The second-order valence-electron chi connectivity index (χ2n) is 7.78. The van der Waals surface area contributed by atoms with Crippen molar-refractivity contribution in [2.45, 2.75) is 31.6 Å². The lowest BCUT2D eigenvalue weighted by Crippen LogP contribution is -2.49. The van der Waals surface area contributed by atoms with Crippen molar-refractivity contribution in [2.75, 3.05) is 42.9 Å². The number of fused-ring (bicyclic) bond motifs is 1. The topological polar surface area (TPSA) is 90.8 Å². The van der Waals surface area contributed by atoms with Crippen molar-refractivity contribution >= 4 is 27.4 Å². The van der Waals surface area contributed by atoms with Gasteiger partial charge in [0.05, 0.1) is 12.2 Å². The third-order valence-corrected chi connectivity index (χ3v) is 6.49. The number of aromatic nitrogens is 2. The first-order valence-corrected chi connectivity index (χ1v) is 11.3. The van der Waals surface area contributed by atoms with E-state index in [4.69, 9.17) is 4.98 Å². The van der Waals surface area contributed by atoms with Crippen LogP contribution in [0.15, 0.2) is 39.6 Å². The van der Waals surface area contributed by atoms with E-state index in [1.807, 2.05) is 19.1 Å². The number of hydrogen-bond donors (Lipinski definition) is 1. The van der Waals surface area contributed by atoms with E-state index in [-0.39, 0.29) is 10.8 Å². The van der Waals surface area contributed by atoms with Crippen molar-refractivity contribution in [1.82, 2.24) is 14.9 Å². The van der Waals surface area contributed by atoms with Gasteiger partial charge in [-0.15, -0.1) is 4.40 Å². The third kappa shape index (κ3) is 4.25. The Labute approximate surface area is 171 Å². The zero-order valence-electron chi connectivity index (χ0n) is 17.0. The summed E-state index contributed by atoms with van der Waals surface area (Å²) in [6.07, 6.45) is 0. The van der Waals surface area contributed by atoms with Crippen LogP contribution < -0.4 is 10.2 Å². The monoisotopic (exact) mass is 414 g/mol. The Hall–Kier alpha value is -2.52. The minimum atomic E-state index is -3.64. The molecule has 154 valence electrons. The highest BCUT2D eigenvalue weighted by molar-refractivity contribution is 7.90. The first kappa shape index (κ1) is 19.8. The molecule has 2 aromatic rings. The largest absolute Gasteiger partial charge is 0.354 e. The number of piperazine rings is 1. The van der Waals surface area contributed by atoms with E-state index in [1.165, 1.54) is 0 Å². The molecule has 9 heteroatoms. The Morgan fingerprint density at radius 1 is 1.10 bits per heavy atom. The van der Waals surface area contributed by atoms with Crippen LogP contribution in [0, 0.1) is 6.92 Å². The maximum Gasteiger partial charge on any atom is 0.286 e. The van der Waals surface area contributed by atoms with Gasteiger partial charge in [-0.05, 0) is 19.1 Å². The number of anilines is 2. The second kappa shape index (κ2) is 7.72. The number of nitrogens with one attached hydrogen (secondary N) is 1. The lowest BCUT2D eigenvalue weighted by molar-refractivity contribution is 0.291. The van der Waals surface area contributed by atoms with Gasteiger partial charge in [-0.25, -0.2) is 9.97 Å². The van der Waals surface area contributed by atoms with Gasteiger partial charge in [-0.3, -0.25) is 4.90 Å². The molecular formula is C20H26N6O2S. The van der Waals surface area contributed by atoms with Gasteiger partial charge < -0.3 is 10.2 Å². The highest BCUT2D eigenvalue weighted by Crippen LogP contribution is 2.27. The number of para-hydroxylation sites is 1. The highest BCUT2D eigenvalue weighted by Gasteiger charge is 2.26. The van der Waals surface area contributed by atoms with Gasteiger partial charge in [0.2, 0.25) is 0 Å². The molecule has 1 aromatic carbocycles. The average molecular weight is 415 g/mol. The molecule has 0 amide bonds. The third-order valence-electron chi connectivity index (χ3n) is 5.12. The van der Waals surface area contributed by atoms with E-state index in [9.17, 15) is 8.42 Å². The summed E-state index contributed by atoms with van der Waals surface area (Å²) in [5, 5.41) is 3.17. The minimum Gasteiger partial charge on any atom is -0.354 e. The Kier molecular flexibility index (Phi) is 5.26. The molecule has 1 fully saturated rings. The molecule has 0 unspecified atom stereocenters. The fraction of sp³-hybridized carbons (Fsp3) is 0.450. The van der Waals surface area contributed by atoms with Gasteiger partial charge in [0.1, 0.15) is 22.4 Å². The Balaban J connectivity index is 1.42. The number of rotatable bonds is 4. The predicted octanol–water partition coefficient (Wildman–Crippen LogP) is 2.24. The maximum atomic E-state index is 12.4. The Bertz CT molecular complexity index is 1040. The van der Waals surface area contributed by atoms with Gasteiger partial charge in [0, 0.05) is 43.9 Å². The minimum absolute atomic E-state index is 0.230. The van der Waals surface area contributed by atoms with E-state index in [1.54, 1.807) is 18.2 Å². The number of amidine groups is 1. The molecule has 4 rings (SSSR count). The van der Waals surface area contributed by atoms with Crippen molar-refractivity contribution in [3.8, 4) is 0 Å². The fourth-order valence-electron chi connectivity index (χ4n) is 3.58. The highest BCUT2D eigenvalue weighted by atomic mass is 32.2. The van der Waals surface area contributed by atoms with Crippen LogP contribution in [0.2, 0.25) is 0 Å². The summed E-state index contributed by atoms with van der Waals surface area (Å²) < 4.78 is 28.8. The predicted molar refractivity (Wildman–Crippen MR) is 114 cm³/mol. The van der Waals surface area contributed by atoms with Crippen LogP contribution in [0.25, 0.3) is 0 Å². The molecule has 0 spiro atoms. The normalized spacial score (nSPS) is 18.9. The summed E-state index contributed by atoms with van der Waals surface area (Å²) >= 11 is 0. The molecule has 3 heterocycles. The lowest BCUT2D eigenvalue weighted by Gasteiger charge is -2.36. The molecule has 29 heavy (non-hydrogen) atoms. The molecule has 1 aromatic heterocycles. The van der Waals surface area contributed by atoms with Crippen LogP contribution in [-0.4, -0.2) is 61.8 Å². The maximum absolute atomic E-state index is 12.4. The van der Waals surface area contributed by atoms with E-state index >= 15 is 0 Å². The average Bonchev–Trinajstić information content (AvgIpc) is 2.67. The fourth-order valence-corrected chi connectivity index (χ4v) is 4.72. The standard InChI is InChI=1S/C20H26N6O2S/c1-14(2)20-21-15(3)12-19(23-20)26-10-8-25(9-11-26)13-18-22-16-6-4-5-7-17(16)29(27,28)24-18/h4-7,12,14H,8-11,13H2,1-3H3,(H,22,24). The van der Waals surface area contributed by atoms with Crippen LogP contribution in [-0.2, 0) is 10.0 Å². The smallest absolute Gasteiger partial charge is 0.286 e. The van der Waals surface area contributed by atoms with E-state index in [0.717, 1.165) is 43.5 Å². The molecule has 2 aliphatic heterocycles. The van der Waals surface area contributed by atoms with Crippen molar-refractivity contribution in [1.29, 1.82) is 0 Å². The van der Waals surface area contributed by atoms with Gasteiger partial charge in [0.15, 0.2) is 0 Å². The van der Waals surface area contributed by atoms with Gasteiger partial charge in [-0.2, -0.15) is 8.42 Å². The number of nitrogens with zero attached hydrogens (tertiary/aromatic N) is 5. The van der Waals surface area contributed by atoms with Crippen LogP contribution in [0.1, 0.15) is 31.3 Å². The first-order chi connectivity index (χ1) is 13.8. The number of hydrogen-bond acceptors (Lipinski definition) is 7. The van der Waals surface area contributed by atoms with Gasteiger partial charge >= 0.3 is 0 Å². The summed E-state index contributed by atoms with van der Waals surface area (Å²) in [6, 6.07) is 8.89. The molecule has 8 nitrogen and oxygen atoms in total. The molecular weight excluding hydrogens is 388 g/mol. The Morgan fingerprint density at radius 3 is 2.55 bits per heavy atom. The summed E-state index contributed by atoms with van der Waals surface area (Å²) in [4.78, 5) is 14.0. The number of sulfonamides is 1. The van der Waals surface area contributed by atoms with Crippen molar-refractivity contribution in [3.63, 3.8) is 0 Å². The van der Waals surface area contributed by atoms with Crippen molar-refractivity contribution in [3.05, 3.63) is 41.9 Å². The molecule has 1 N–H and O–H groups in total. The quantitative estimate of drug-likeness (QED) is 0.820. The van der Waals surface area contributed by atoms with Crippen LogP contribution in [0.5, 0.6) is 0 Å². The Morgan fingerprint density at radius 2 is 1.83 bits per heavy atom. The summed E-state index contributed by atoms with van der Waals surface area (Å²) in [5.74, 6) is 2.59. The van der Waals surface area contributed by atoms with Crippen molar-refractivity contribution in [2.24, 2.45) is 4.40 Å². The number of aryl methyl sites for hydroxylation is 1. The summed E-state index contributed by atoms with van der Waals surface area (Å²) in [6.45, 7) is 9.93. The molecule has 0 bridgehead atoms. The summed E-state index contributed by atoms with van der Waals surface area (Å²) in [7, 11) is -3.64. The molecule has 0 radical (unpaired) electrons. The lowest BCUT2D eigenvalue weighted by atomic mass is 10.2. The van der Waals surface area contributed by atoms with E-state index in [2.05, 4.69) is 38.3 Å². The SMILES string of the molecule is Cc1cc(N2CCN(CC3=NS(=O)(=O)c4ccccc4N3)CC2)nc(C(C)C)n1. The summed E-state index contributed by atoms with van der Waals surface area (Å²) in [5.41, 5.74) is 1.57. The zero-order chi connectivity index (χ0) is 20.6. The molecule has 0 atom stereocenters. The zero-order valence-corrected chi connectivity index (χ0v) is 17.8. The second-order valence-corrected chi connectivity index (χ2v) is 9.35. The molecule has 0 saturated carbocycles. The first-order valence-electron chi connectivity index (χ1n) is 9.84. The van der Waals surface area contributed by atoms with Crippen LogP contribution in [0.4, 0.5) is 11.5 Å². The van der Waals surface area contributed by atoms with E-state index in [0.29, 0.717) is 18.1 Å². The van der Waals surface area contributed by atoms with E-state index < -0.39 is 10.0 Å². The molecule has 1 saturated heterocycles. The molecule has 2 aliphatic rings. The van der Waals surface area contributed by atoms with Gasteiger partial charge in [0.25, 0.3) is 10.0 Å². The van der Waals surface area contributed by atoms with Gasteiger partial charge in [-0.1, -0.05) is 26.0 Å². The number of benzene rings is 1. The van der Waals surface area contributed by atoms with Crippen molar-refractivity contribution < 1.29 is 8.42 Å². The molecule has 0 aliphatic carbocycles.